The van der Waals surface area contributed by atoms with Gasteiger partial charge in [0, 0.05) is 19.6 Å². The Morgan fingerprint density at radius 1 is 1.24 bits per heavy atom. The molecule has 0 N–H and O–H groups in total. The summed E-state index contributed by atoms with van der Waals surface area (Å²) in [4.78, 5) is 2.48. The molecule has 1 fully saturated rings. The maximum absolute atomic E-state index is 5.65. The van der Waals surface area contributed by atoms with Crippen molar-refractivity contribution in [2.24, 2.45) is 0 Å². The molecule has 0 bridgehead atoms. The molecular formula is C15H25NO. The summed E-state index contributed by atoms with van der Waals surface area (Å²) in [6, 6.07) is 10.7. The van der Waals surface area contributed by atoms with Crippen molar-refractivity contribution >= 4 is 0 Å². The van der Waals surface area contributed by atoms with Gasteiger partial charge in [-0.1, -0.05) is 51.1 Å². The van der Waals surface area contributed by atoms with Crippen molar-refractivity contribution in [2.45, 2.75) is 39.8 Å². The minimum atomic E-state index is 0.433. The van der Waals surface area contributed by atoms with Crippen LogP contribution in [0.25, 0.3) is 0 Å². The first-order chi connectivity index (χ1) is 8.38. The topological polar surface area (TPSA) is 12.5 Å². The molecule has 1 aliphatic heterocycles. The summed E-state index contributed by atoms with van der Waals surface area (Å²) in [5.41, 5.74) is 1.40. The summed E-state index contributed by atoms with van der Waals surface area (Å²) in [5, 5.41) is 0. The van der Waals surface area contributed by atoms with Gasteiger partial charge in [-0.25, -0.2) is 0 Å². The molecule has 1 unspecified atom stereocenters. The first kappa shape index (κ1) is 14.2. The van der Waals surface area contributed by atoms with E-state index in [2.05, 4.69) is 42.2 Å². The Morgan fingerprint density at radius 2 is 1.94 bits per heavy atom. The lowest BCUT2D eigenvalue weighted by molar-refractivity contribution is -0.0324. The molecule has 1 saturated heterocycles. The van der Waals surface area contributed by atoms with Crippen LogP contribution in [-0.2, 0) is 11.3 Å². The fourth-order valence-corrected chi connectivity index (χ4v) is 2.01. The molecule has 1 aromatic carbocycles. The second-order valence-electron chi connectivity index (χ2n) is 4.12. The molecule has 0 aliphatic carbocycles. The maximum Gasteiger partial charge on any atom is 0.0700 e. The van der Waals surface area contributed by atoms with Gasteiger partial charge in [0.05, 0.1) is 12.7 Å². The quantitative estimate of drug-likeness (QED) is 0.797. The zero-order valence-corrected chi connectivity index (χ0v) is 11.4. The smallest absolute Gasteiger partial charge is 0.0700 e. The van der Waals surface area contributed by atoms with Crippen LogP contribution >= 0.6 is 0 Å². The van der Waals surface area contributed by atoms with E-state index in [1.807, 2.05) is 13.8 Å². The second-order valence-corrected chi connectivity index (χ2v) is 4.12. The minimum absolute atomic E-state index is 0.433. The molecular weight excluding hydrogens is 210 g/mol. The number of hydrogen-bond donors (Lipinski definition) is 0. The first-order valence-corrected chi connectivity index (χ1v) is 6.76. The molecule has 0 amide bonds. The minimum Gasteiger partial charge on any atom is -0.376 e. The van der Waals surface area contributed by atoms with Gasteiger partial charge in [0.2, 0.25) is 0 Å². The molecule has 2 nitrogen and oxygen atoms in total. The predicted molar refractivity (Wildman–Crippen MR) is 73.1 cm³/mol. The molecule has 2 heteroatoms. The molecule has 0 saturated carbocycles. The summed E-state index contributed by atoms with van der Waals surface area (Å²) < 4.78 is 5.65. The Bertz CT molecular complexity index is 286. The van der Waals surface area contributed by atoms with Crippen LogP contribution in [-0.4, -0.2) is 30.7 Å². The number of rotatable bonds is 3. The number of ether oxygens (including phenoxy) is 1. The van der Waals surface area contributed by atoms with Crippen molar-refractivity contribution in [1.82, 2.24) is 4.90 Å². The van der Waals surface area contributed by atoms with E-state index in [9.17, 15) is 0 Å². The third kappa shape index (κ3) is 4.88. The van der Waals surface area contributed by atoms with Crippen molar-refractivity contribution in [3.8, 4) is 0 Å². The van der Waals surface area contributed by atoms with Crippen LogP contribution in [0.5, 0.6) is 0 Å². The largest absolute Gasteiger partial charge is 0.376 e. The Morgan fingerprint density at radius 3 is 2.59 bits per heavy atom. The van der Waals surface area contributed by atoms with Gasteiger partial charge in [-0.05, 0) is 12.0 Å². The number of hydrogen-bond acceptors (Lipinski definition) is 2. The molecule has 1 heterocycles. The highest BCUT2D eigenvalue weighted by Gasteiger charge is 2.18. The van der Waals surface area contributed by atoms with Crippen LogP contribution in [0.4, 0.5) is 0 Å². The fraction of sp³-hybridized carbons (Fsp3) is 0.600. The average molecular weight is 235 g/mol. The van der Waals surface area contributed by atoms with E-state index in [0.717, 1.165) is 32.7 Å². The second kappa shape index (κ2) is 8.26. The molecule has 17 heavy (non-hydrogen) atoms. The van der Waals surface area contributed by atoms with Crippen molar-refractivity contribution in [2.75, 3.05) is 19.7 Å². The monoisotopic (exact) mass is 235 g/mol. The highest BCUT2D eigenvalue weighted by molar-refractivity contribution is 5.14. The summed E-state index contributed by atoms with van der Waals surface area (Å²) in [6.45, 7) is 10.3. The average Bonchev–Trinajstić information content (AvgIpc) is 2.42. The van der Waals surface area contributed by atoms with E-state index in [1.54, 1.807) is 0 Å². The lowest BCUT2D eigenvalue weighted by Crippen LogP contribution is -2.41. The Balaban J connectivity index is 0.000000686. The zero-order valence-electron chi connectivity index (χ0n) is 11.4. The molecule has 1 aromatic rings. The number of morpholine rings is 1. The van der Waals surface area contributed by atoms with Gasteiger partial charge >= 0.3 is 0 Å². The van der Waals surface area contributed by atoms with Crippen molar-refractivity contribution < 1.29 is 4.74 Å². The van der Waals surface area contributed by atoms with Crippen LogP contribution < -0.4 is 0 Å². The van der Waals surface area contributed by atoms with E-state index >= 15 is 0 Å². The molecule has 96 valence electrons. The van der Waals surface area contributed by atoms with Crippen LogP contribution in [0.3, 0.4) is 0 Å². The standard InChI is InChI=1S/C13H19NO.C2H6/c1-2-13-11-14(8-9-15-13)10-12-6-4-3-5-7-12;1-2/h3-7,13H,2,8-11H2,1H3;1-2H3. The molecule has 1 atom stereocenters. The van der Waals surface area contributed by atoms with Gasteiger partial charge in [0.1, 0.15) is 0 Å². The van der Waals surface area contributed by atoms with E-state index in [-0.39, 0.29) is 0 Å². The van der Waals surface area contributed by atoms with Crippen molar-refractivity contribution in [1.29, 1.82) is 0 Å². The van der Waals surface area contributed by atoms with Gasteiger partial charge in [0.15, 0.2) is 0 Å². The van der Waals surface area contributed by atoms with E-state index in [4.69, 9.17) is 4.74 Å². The molecule has 0 spiro atoms. The lowest BCUT2D eigenvalue weighted by atomic mass is 10.1. The maximum atomic E-state index is 5.65. The van der Waals surface area contributed by atoms with Crippen LogP contribution in [0.2, 0.25) is 0 Å². The molecule has 0 radical (unpaired) electrons. The fourth-order valence-electron chi connectivity index (χ4n) is 2.01. The molecule has 2 rings (SSSR count). The van der Waals surface area contributed by atoms with Gasteiger partial charge in [-0.15, -0.1) is 0 Å². The SMILES string of the molecule is CC.CCC1CN(Cc2ccccc2)CCO1. The number of benzene rings is 1. The Kier molecular flexibility index (Phi) is 6.90. The highest BCUT2D eigenvalue weighted by Crippen LogP contribution is 2.11. The number of nitrogens with zero attached hydrogens (tertiary/aromatic N) is 1. The predicted octanol–water partition coefficient (Wildman–Crippen LogP) is 3.32. The van der Waals surface area contributed by atoms with E-state index in [1.165, 1.54) is 5.56 Å². The van der Waals surface area contributed by atoms with Gasteiger partial charge in [0.25, 0.3) is 0 Å². The molecule has 0 aromatic heterocycles. The van der Waals surface area contributed by atoms with Crippen molar-refractivity contribution in [3.63, 3.8) is 0 Å². The summed E-state index contributed by atoms with van der Waals surface area (Å²) in [7, 11) is 0. The molecule has 1 aliphatic rings. The van der Waals surface area contributed by atoms with E-state index < -0.39 is 0 Å². The van der Waals surface area contributed by atoms with Crippen LogP contribution in [0.1, 0.15) is 32.8 Å². The third-order valence-corrected chi connectivity index (χ3v) is 2.93. The normalized spacial score (nSPS) is 20.5. The van der Waals surface area contributed by atoms with Gasteiger partial charge in [-0.3, -0.25) is 4.90 Å². The summed E-state index contributed by atoms with van der Waals surface area (Å²) in [5.74, 6) is 0. The third-order valence-electron chi connectivity index (χ3n) is 2.93. The first-order valence-electron chi connectivity index (χ1n) is 6.76. The lowest BCUT2D eigenvalue weighted by Gasteiger charge is -2.32. The van der Waals surface area contributed by atoms with Crippen LogP contribution in [0.15, 0.2) is 30.3 Å². The Hall–Kier alpha value is -0.860. The van der Waals surface area contributed by atoms with E-state index in [0.29, 0.717) is 6.10 Å². The van der Waals surface area contributed by atoms with Gasteiger partial charge < -0.3 is 4.74 Å². The van der Waals surface area contributed by atoms with Crippen molar-refractivity contribution in [3.05, 3.63) is 35.9 Å². The summed E-state index contributed by atoms with van der Waals surface area (Å²) in [6.07, 6.45) is 1.55. The zero-order chi connectivity index (χ0) is 12.5. The van der Waals surface area contributed by atoms with Gasteiger partial charge in [-0.2, -0.15) is 0 Å². The Labute approximate surface area is 106 Å². The van der Waals surface area contributed by atoms with Crippen LogP contribution in [0, 0.1) is 0 Å². The summed E-state index contributed by atoms with van der Waals surface area (Å²) >= 11 is 0. The highest BCUT2D eigenvalue weighted by atomic mass is 16.5.